The van der Waals surface area contributed by atoms with Crippen LogP contribution in [0.5, 0.6) is 0 Å². The van der Waals surface area contributed by atoms with Crippen LogP contribution in [-0.2, 0) is 4.74 Å². The molecular weight excluding hydrogens is 304 g/mol. The van der Waals surface area contributed by atoms with Crippen LogP contribution < -0.4 is 5.43 Å². The largest absolute Gasteiger partial charge is 0.382 e. The molecule has 1 aliphatic rings. The summed E-state index contributed by atoms with van der Waals surface area (Å²) in [5, 5.41) is 16.0. The van der Waals surface area contributed by atoms with Crippen LogP contribution >= 0.6 is 11.8 Å². The molecule has 0 amide bonds. The number of nitro benzene ring substituents is 1. The highest BCUT2D eigenvalue weighted by molar-refractivity contribution is 8.14. The number of thioether (sulfide) groups is 1. The van der Waals surface area contributed by atoms with Crippen LogP contribution in [0.3, 0.4) is 0 Å². The number of ether oxygens (including phenoxy) is 1. The van der Waals surface area contributed by atoms with Gasteiger partial charge in [-0.05, 0) is 13.8 Å². The quantitative estimate of drug-likeness (QED) is 0.664. The Morgan fingerprint density at radius 1 is 1.59 bits per heavy atom. The number of aliphatic imine (C=N–C) groups is 1. The molecule has 1 heterocycles. The molecule has 1 aliphatic heterocycles. The predicted molar refractivity (Wildman–Crippen MR) is 88.7 cm³/mol. The number of nitrogens with zero attached hydrogens (tertiary/aromatic N) is 3. The van der Waals surface area contributed by atoms with Gasteiger partial charge < -0.3 is 4.74 Å². The minimum atomic E-state index is -0.373. The zero-order chi connectivity index (χ0) is 16.1. The van der Waals surface area contributed by atoms with Gasteiger partial charge in [-0.25, -0.2) is 0 Å². The summed E-state index contributed by atoms with van der Waals surface area (Å²) >= 11 is 1.52. The molecule has 0 spiro atoms. The Morgan fingerprint density at radius 2 is 2.36 bits per heavy atom. The molecule has 1 aromatic rings. The van der Waals surface area contributed by atoms with Gasteiger partial charge in [0.05, 0.1) is 23.3 Å². The van der Waals surface area contributed by atoms with E-state index in [1.807, 2.05) is 13.0 Å². The lowest BCUT2D eigenvalue weighted by Gasteiger charge is -2.16. The van der Waals surface area contributed by atoms with Crippen molar-refractivity contribution in [1.29, 1.82) is 0 Å². The van der Waals surface area contributed by atoms with Crippen molar-refractivity contribution < 1.29 is 9.66 Å². The normalized spacial score (nSPS) is 17.8. The first-order valence-electron chi connectivity index (χ1n) is 6.78. The van der Waals surface area contributed by atoms with Crippen LogP contribution in [-0.4, -0.2) is 41.3 Å². The van der Waals surface area contributed by atoms with Crippen molar-refractivity contribution in [2.24, 2.45) is 10.1 Å². The number of hydrogen-bond acceptors (Lipinski definition) is 6. The standard InChI is InChI=1S/C14H18N4O3S/c1-9-4-5-11(6-13(9)18(19)20)12-8-22-14(17-16-12)15-10(2)7-21-3/h4-6,10H,7-8H2,1-3H3,(H,15,17)/t10-/m1/s1. The lowest BCUT2D eigenvalue weighted by atomic mass is 10.1. The molecule has 8 heteroatoms. The van der Waals surface area contributed by atoms with Gasteiger partial charge in [0.2, 0.25) is 0 Å². The van der Waals surface area contributed by atoms with Crippen LogP contribution in [0.25, 0.3) is 0 Å². The fraction of sp³-hybridized carbons (Fsp3) is 0.429. The molecule has 22 heavy (non-hydrogen) atoms. The van der Waals surface area contributed by atoms with E-state index in [0.717, 1.165) is 16.4 Å². The first-order chi connectivity index (χ1) is 10.5. The third kappa shape index (κ3) is 4.05. The maximum atomic E-state index is 11.0. The summed E-state index contributed by atoms with van der Waals surface area (Å²) in [6.07, 6.45) is 0. The third-order valence-corrected chi connectivity index (χ3v) is 4.00. The predicted octanol–water partition coefficient (Wildman–Crippen LogP) is 2.33. The van der Waals surface area contributed by atoms with E-state index in [-0.39, 0.29) is 16.7 Å². The lowest BCUT2D eigenvalue weighted by Crippen LogP contribution is -2.27. The number of hydrogen-bond donors (Lipinski definition) is 1. The van der Waals surface area contributed by atoms with Gasteiger partial charge >= 0.3 is 0 Å². The number of amidine groups is 1. The second-order valence-corrected chi connectivity index (χ2v) is 5.92. The Morgan fingerprint density at radius 3 is 2.95 bits per heavy atom. The van der Waals surface area contributed by atoms with Crippen molar-refractivity contribution >= 4 is 28.3 Å². The van der Waals surface area contributed by atoms with Crippen molar-refractivity contribution in [3.05, 3.63) is 39.4 Å². The molecular formula is C14H18N4O3S. The number of nitrogens with one attached hydrogen (secondary N) is 1. The number of methoxy groups -OCH3 is 1. The second kappa shape index (κ2) is 7.37. The molecule has 0 aliphatic carbocycles. The molecule has 0 unspecified atom stereocenters. The highest BCUT2D eigenvalue weighted by Crippen LogP contribution is 2.22. The minimum absolute atomic E-state index is 0.0530. The Balaban J connectivity index is 2.14. The molecule has 0 aromatic heterocycles. The zero-order valence-corrected chi connectivity index (χ0v) is 13.5. The van der Waals surface area contributed by atoms with E-state index in [9.17, 15) is 10.1 Å². The number of hydrazone groups is 1. The summed E-state index contributed by atoms with van der Waals surface area (Å²) in [6, 6.07) is 5.20. The van der Waals surface area contributed by atoms with E-state index in [1.165, 1.54) is 11.8 Å². The zero-order valence-electron chi connectivity index (χ0n) is 12.7. The third-order valence-electron chi connectivity index (χ3n) is 3.12. The topological polar surface area (TPSA) is 89.1 Å². The van der Waals surface area contributed by atoms with Crippen molar-refractivity contribution in [2.75, 3.05) is 19.5 Å². The van der Waals surface area contributed by atoms with Crippen LogP contribution in [0.2, 0.25) is 0 Å². The molecule has 0 bridgehead atoms. The first kappa shape index (κ1) is 16.4. The van der Waals surface area contributed by atoms with Gasteiger partial charge in [0.15, 0.2) is 5.17 Å². The van der Waals surface area contributed by atoms with Crippen molar-refractivity contribution in [3.63, 3.8) is 0 Å². The van der Waals surface area contributed by atoms with Gasteiger partial charge in [0.25, 0.3) is 5.69 Å². The highest BCUT2D eigenvalue weighted by atomic mass is 32.2. The summed E-state index contributed by atoms with van der Waals surface area (Å²) in [7, 11) is 1.64. The van der Waals surface area contributed by atoms with E-state index in [2.05, 4.69) is 15.5 Å². The number of nitro groups is 1. The minimum Gasteiger partial charge on any atom is -0.382 e. The Hall–Kier alpha value is -1.93. The lowest BCUT2D eigenvalue weighted by molar-refractivity contribution is -0.385. The van der Waals surface area contributed by atoms with Gasteiger partial charge in [-0.15, -0.1) is 0 Å². The molecule has 118 valence electrons. The van der Waals surface area contributed by atoms with Crippen LogP contribution in [0.15, 0.2) is 28.3 Å². The Labute approximate surface area is 133 Å². The number of aryl methyl sites for hydroxylation is 1. The van der Waals surface area contributed by atoms with Gasteiger partial charge in [-0.2, -0.15) is 5.10 Å². The van der Waals surface area contributed by atoms with Crippen LogP contribution in [0.4, 0.5) is 5.69 Å². The number of benzene rings is 1. The summed E-state index contributed by atoms with van der Waals surface area (Å²) in [6.45, 7) is 4.23. The molecule has 0 saturated carbocycles. The van der Waals surface area contributed by atoms with Gasteiger partial charge in [0, 0.05) is 30.1 Å². The van der Waals surface area contributed by atoms with E-state index in [0.29, 0.717) is 17.9 Å². The molecule has 2 rings (SSSR count). The SMILES string of the molecule is COC[C@@H](C)N=C1NN=C(c2ccc(C)c([N+](=O)[O-])c2)CS1. The summed E-state index contributed by atoms with van der Waals surface area (Å²) in [4.78, 5) is 15.1. The van der Waals surface area contributed by atoms with Crippen molar-refractivity contribution in [1.82, 2.24) is 5.43 Å². The second-order valence-electron chi connectivity index (χ2n) is 4.96. The average Bonchev–Trinajstić information content (AvgIpc) is 2.48. The fourth-order valence-corrected chi connectivity index (χ4v) is 2.86. The molecule has 1 N–H and O–H groups in total. The van der Waals surface area contributed by atoms with Gasteiger partial charge in [-0.3, -0.25) is 20.5 Å². The van der Waals surface area contributed by atoms with Crippen molar-refractivity contribution in [2.45, 2.75) is 19.9 Å². The van der Waals surface area contributed by atoms with E-state index in [1.54, 1.807) is 26.2 Å². The monoisotopic (exact) mass is 322 g/mol. The number of rotatable bonds is 5. The smallest absolute Gasteiger partial charge is 0.272 e. The van der Waals surface area contributed by atoms with Gasteiger partial charge in [0.1, 0.15) is 0 Å². The molecule has 0 fully saturated rings. The molecule has 1 atom stereocenters. The highest BCUT2D eigenvalue weighted by Gasteiger charge is 2.17. The molecule has 0 radical (unpaired) electrons. The fourth-order valence-electron chi connectivity index (χ4n) is 1.99. The molecule has 0 saturated heterocycles. The Bertz CT molecular complexity index is 631. The van der Waals surface area contributed by atoms with E-state index < -0.39 is 0 Å². The van der Waals surface area contributed by atoms with E-state index in [4.69, 9.17) is 4.74 Å². The maximum Gasteiger partial charge on any atom is 0.272 e. The molecule has 7 nitrogen and oxygen atoms in total. The van der Waals surface area contributed by atoms with Crippen LogP contribution in [0, 0.1) is 17.0 Å². The van der Waals surface area contributed by atoms with Gasteiger partial charge in [-0.1, -0.05) is 23.9 Å². The van der Waals surface area contributed by atoms with Crippen molar-refractivity contribution in [3.8, 4) is 0 Å². The summed E-state index contributed by atoms with van der Waals surface area (Å²) in [5.74, 6) is 0.617. The molecule has 1 aromatic carbocycles. The van der Waals surface area contributed by atoms with Crippen LogP contribution in [0.1, 0.15) is 18.1 Å². The first-order valence-corrected chi connectivity index (χ1v) is 7.77. The summed E-state index contributed by atoms with van der Waals surface area (Å²) in [5.41, 5.74) is 5.17. The average molecular weight is 322 g/mol. The van der Waals surface area contributed by atoms with E-state index >= 15 is 0 Å². The maximum absolute atomic E-state index is 11.0. The summed E-state index contributed by atoms with van der Waals surface area (Å²) < 4.78 is 5.04. The Kier molecular flexibility index (Phi) is 5.51.